The standard InChI is InChI=1S/C21H24N4OS/c1-14-7-9-17(10-8-14)18-13-27-21(22-18)25-19(11-15(2)24-25)23-20(26)12-16-5-3-4-6-16/h7-11,13,16H,3-6,12H2,1-2H3,(H,23,26). The first-order valence-electron chi connectivity index (χ1n) is 9.48. The highest BCUT2D eigenvalue weighted by atomic mass is 32.1. The number of anilines is 1. The first kappa shape index (κ1) is 17.9. The molecule has 0 unspecified atom stereocenters. The molecule has 0 saturated heterocycles. The maximum atomic E-state index is 12.5. The molecule has 1 aromatic carbocycles. The van der Waals surface area contributed by atoms with Gasteiger partial charge in [-0.25, -0.2) is 4.98 Å². The fourth-order valence-electron chi connectivity index (χ4n) is 3.62. The first-order chi connectivity index (χ1) is 13.1. The summed E-state index contributed by atoms with van der Waals surface area (Å²) in [6.07, 6.45) is 5.42. The summed E-state index contributed by atoms with van der Waals surface area (Å²) in [5.74, 6) is 1.29. The van der Waals surface area contributed by atoms with Gasteiger partial charge in [0.05, 0.1) is 11.4 Å². The van der Waals surface area contributed by atoms with E-state index >= 15 is 0 Å². The molecule has 4 rings (SSSR count). The highest BCUT2D eigenvalue weighted by molar-refractivity contribution is 7.12. The molecule has 2 heterocycles. The fraction of sp³-hybridized carbons (Fsp3) is 0.381. The van der Waals surface area contributed by atoms with Crippen molar-refractivity contribution in [2.24, 2.45) is 5.92 Å². The second-order valence-corrected chi connectivity index (χ2v) is 8.20. The third-order valence-electron chi connectivity index (χ3n) is 5.07. The molecule has 0 aliphatic heterocycles. The summed E-state index contributed by atoms with van der Waals surface area (Å²) in [7, 11) is 0. The van der Waals surface area contributed by atoms with Crippen LogP contribution in [0.1, 0.15) is 43.4 Å². The quantitative estimate of drug-likeness (QED) is 0.667. The Kier molecular flexibility index (Phi) is 5.07. The van der Waals surface area contributed by atoms with Gasteiger partial charge in [-0.3, -0.25) is 4.79 Å². The molecule has 0 bridgehead atoms. The highest BCUT2D eigenvalue weighted by Gasteiger charge is 2.20. The van der Waals surface area contributed by atoms with Gasteiger partial charge >= 0.3 is 0 Å². The van der Waals surface area contributed by atoms with E-state index in [1.807, 2.05) is 18.4 Å². The van der Waals surface area contributed by atoms with Crippen LogP contribution in [0.15, 0.2) is 35.7 Å². The number of carbonyl (C=O) groups is 1. The van der Waals surface area contributed by atoms with Gasteiger partial charge in [-0.1, -0.05) is 42.7 Å². The Labute approximate surface area is 163 Å². The maximum Gasteiger partial charge on any atom is 0.225 e. The minimum absolute atomic E-state index is 0.0679. The molecule has 27 heavy (non-hydrogen) atoms. The van der Waals surface area contributed by atoms with Crippen molar-refractivity contribution in [2.75, 3.05) is 5.32 Å². The van der Waals surface area contributed by atoms with Crippen molar-refractivity contribution in [3.8, 4) is 16.4 Å². The zero-order valence-electron chi connectivity index (χ0n) is 15.7. The third-order valence-corrected chi connectivity index (χ3v) is 5.88. The second kappa shape index (κ2) is 7.64. The number of amides is 1. The summed E-state index contributed by atoms with van der Waals surface area (Å²) >= 11 is 1.53. The van der Waals surface area contributed by atoms with Crippen LogP contribution in [0.4, 0.5) is 5.82 Å². The number of hydrogen-bond donors (Lipinski definition) is 1. The van der Waals surface area contributed by atoms with E-state index < -0.39 is 0 Å². The van der Waals surface area contributed by atoms with E-state index in [4.69, 9.17) is 4.98 Å². The summed E-state index contributed by atoms with van der Waals surface area (Å²) in [6, 6.07) is 10.2. The van der Waals surface area contributed by atoms with E-state index in [9.17, 15) is 4.79 Å². The lowest BCUT2D eigenvalue weighted by molar-refractivity contribution is -0.117. The molecule has 3 aromatic rings. The fourth-order valence-corrected chi connectivity index (χ4v) is 4.42. The Morgan fingerprint density at radius 1 is 1.22 bits per heavy atom. The van der Waals surface area contributed by atoms with Gasteiger partial charge in [-0.2, -0.15) is 9.78 Å². The topological polar surface area (TPSA) is 59.8 Å². The van der Waals surface area contributed by atoms with Crippen LogP contribution < -0.4 is 5.32 Å². The number of nitrogens with zero attached hydrogens (tertiary/aromatic N) is 3. The van der Waals surface area contributed by atoms with Crippen LogP contribution in [0, 0.1) is 19.8 Å². The Morgan fingerprint density at radius 3 is 2.70 bits per heavy atom. The molecule has 0 spiro atoms. The van der Waals surface area contributed by atoms with E-state index in [2.05, 4.69) is 41.6 Å². The number of nitrogens with one attached hydrogen (secondary N) is 1. The molecule has 140 valence electrons. The summed E-state index contributed by atoms with van der Waals surface area (Å²) in [5.41, 5.74) is 4.09. The summed E-state index contributed by atoms with van der Waals surface area (Å²) in [5, 5.41) is 10.4. The van der Waals surface area contributed by atoms with Gasteiger partial charge in [0, 0.05) is 23.4 Å². The van der Waals surface area contributed by atoms with Crippen molar-refractivity contribution in [3.05, 3.63) is 47.0 Å². The molecule has 5 nitrogen and oxygen atoms in total. The van der Waals surface area contributed by atoms with Gasteiger partial charge in [0.1, 0.15) is 5.82 Å². The van der Waals surface area contributed by atoms with Gasteiger partial charge in [0.15, 0.2) is 0 Å². The van der Waals surface area contributed by atoms with Crippen molar-refractivity contribution in [1.29, 1.82) is 0 Å². The number of hydrogen-bond acceptors (Lipinski definition) is 4. The zero-order chi connectivity index (χ0) is 18.8. The zero-order valence-corrected chi connectivity index (χ0v) is 16.6. The Hall–Kier alpha value is -2.47. The Morgan fingerprint density at radius 2 is 1.96 bits per heavy atom. The highest BCUT2D eigenvalue weighted by Crippen LogP contribution is 2.29. The minimum Gasteiger partial charge on any atom is -0.310 e. The van der Waals surface area contributed by atoms with E-state index in [0.29, 0.717) is 18.2 Å². The summed E-state index contributed by atoms with van der Waals surface area (Å²) in [6.45, 7) is 4.00. The summed E-state index contributed by atoms with van der Waals surface area (Å²) < 4.78 is 1.74. The van der Waals surface area contributed by atoms with Crippen molar-refractivity contribution in [2.45, 2.75) is 46.0 Å². The van der Waals surface area contributed by atoms with Crippen molar-refractivity contribution < 1.29 is 4.79 Å². The molecule has 6 heteroatoms. The molecule has 1 N–H and O–H groups in total. The van der Waals surface area contributed by atoms with E-state index in [1.54, 1.807) is 4.68 Å². The molecule has 0 radical (unpaired) electrons. The Bertz CT molecular complexity index is 936. The van der Waals surface area contributed by atoms with Crippen molar-refractivity contribution in [1.82, 2.24) is 14.8 Å². The normalized spacial score (nSPS) is 14.6. The van der Waals surface area contributed by atoms with Gasteiger partial charge in [0.25, 0.3) is 0 Å². The van der Waals surface area contributed by atoms with Crippen LogP contribution in [-0.4, -0.2) is 20.7 Å². The number of carbonyl (C=O) groups excluding carboxylic acids is 1. The maximum absolute atomic E-state index is 12.5. The average Bonchev–Trinajstić information content (AvgIpc) is 3.37. The van der Waals surface area contributed by atoms with Gasteiger partial charge in [0.2, 0.25) is 11.0 Å². The lowest BCUT2D eigenvalue weighted by Gasteiger charge is -2.10. The number of aromatic nitrogens is 3. The van der Waals surface area contributed by atoms with E-state index in [-0.39, 0.29) is 5.91 Å². The number of thiazole rings is 1. The molecular weight excluding hydrogens is 356 g/mol. The van der Waals surface area contributed by atoms with Crippen molar-refractivity contribution >= 4 is 23.1 Å². The molecule has 1 aliphatic carbocycles. The summed E-state index contributed by atoms with van der Waals surface area (Å²) in [4.78, 5) is 17.2. The van der Waals surface area contributed by atoms with E-state index in [0.717, 1.165) is 34.9 Å². The predicted octanol–water partition coefficient (Wildman–Crippen LogP) is 5.13. The smallest absolute Gasteiger partial charge is 0.225 e. The van der Waals surface area contributed by atoms with Crippen molar-refractivity contribution in [3.63, 3.8) is 0 Å². The van der Waals surface area contributed by atoms with Crippen LogP contribution in [0.3, 0.4) is 0 Å². The van der Waals surface area contributed by atoms with Crippen LogP contribution in [0.25, 0.3) is 16.4 Å². The second-order valence-electron chi connectivity index (χ2n) is 7.37. The predicted molar refractivity (Wildman–Crippen MR) is 109 cm³/mol. The number of aryl methyl sites for hydroxylation is 2. The van der Waals surface area contributed by atoms with Crippen LogP contribution in [0.2, 0.25) is 0 Å². The molecule has 1 aliphatic rings. The minimum atomic E-state index is 0.0679. The number of benzene rings is 1. The van der Waals surface area contributed by atoms with Gasteiger partial charge in [-0.05, 0) is 32.6 Å². The monoisotopic (exact) mass is 380 g/mol. The molecule has 1 fully saturated rings. The molecule has 2 aromatic heterocycles. The number of rotatable bonds is 5. The van der Waals surface area contributed by atoms with Crippen LogP contribution in [0.5, 0.6) is 0 Å². The molecule has 0 atom stereocenters. The molecular formula is C21H24N4OS. The molecule has 1 amide bonds. The van der Waals surface area contributed by atoms with Crippen LogP contribution >= 0.6 is 11.3 Å². The lowest BCUT2D eigenvalue weighted by atomic mass is 10.0. The third kappa shape index (κ3) is 4.11. The largest absolute Gasteiger partial charge is 0.310 e. The van der Waals surface area contributed by atoms with Crippen LogP contribution in [-0.2, 0) is 4.79 Å². The average molecular weight is 381 g/mol. The van der Waals surface area contributed by atoms with Gasteiger partial charge < -0.3 is 5.32 Å². The lowest BCUT2D eigenvalue weighted by Crippen LogP contribution is -2.17. The first-order valence-corrected chi connectivity index (χ1v) is 10.4. The SMILES string of the molecule is Cc1ccc(-c2csc(-n3nc(C)cc3NC(=O)CC3CCCC3)n2)cc1. The Balaban J connectivity index is 1.54. The molecule has 1 saturated carbocycles. The van der Waals surface area contributed by atoms with Gasteiger partial charge in [-0.15, -0.1) is 11.3 Å². The van der Waals surface area contributed by atoms with E-state index in [1.165, 1.54) is 29.7 Å².